The Kier molecular flexibility index (Phi) is 6.34. The molecule has 0 spiro atoms. The van der Waals surface area contributed by atoms with Gasteiger partial charge in [-0.05, 0) is 24.5 Å². The summed E-state index contributed by atoms with van der Waals surface area (Å²) in [6, 6.07) is 9.83. The molecule has 0 bridgehead atoms. The minimum absolute atomic E-state index is 0.137. The van der Waals surface area contributed by atoms with Gasteiger partial charge in [0.1, 0.15) is 23.0 Å². The first-order valence-corrected chi connectivity index (χ1v) is 13.9. The van der Waals surface area contributed by atoms with Crippen LogP contribution in [0, 0.1) is 17.5 Å². The number of pyridine rings is 1. The quantitative estimate of drug-likeness (QED) is 0.241. The van der Waals surface area contributed by atoms with E-state index < -0.39 is 50.3 Å². The Hall–Kier alpha value is -4.58. The highest BCUT2D eigenvalue weighted by atomic mass is 32.2. The van der Waals surface area contributed by atoms with Crippen LogP contribution in [0.3, 0.4) is 0 Å². The van der Waals surface area contributed by atoms with Gasteiger partial charge in [-0.25, -0.2) is 36.5 Å². The molecule has 2 aromatic carbocycles. The molecule has 0 amide bonds. The molecule has 1 saturated carbocycles. The molecule has 40 heavy (non-hydrogen) atoms. The van der Waals surface area contributed by atoms with Crippen molar-refractivity contribution < 1.29 is 26.4 Å². The fourth-order valence-electron chi connectivity index (χ4n) is 4.40. The zero-order valence-electron chi connectivity index (χ0n) is 20.7. The summed E-state index contributed by atoms with van der Waals surface area (Å²) in [4.78, 5) is 29.2. The third-order valence-corrected chi connectivity index (χ3v) is 7.81. The number of aromatic amines is 1. The molecular formula is C28H20F3N5O3S. The Morgan fingerprint density at radius 2 is 1.65 bits per heavy atom. The van der Waals surface area contributed by atoms with E-state index in [9.17, 15) is 22.0 Å². The van der Waals surface area contributed by atoms with Crippen molar-refractivity contribution in [2.24, 2.45) is 0 Å². The van der Waals surface area contributed by atoms with E-state index >= 15 is 4.39 Å². The van der Waals surface area contributed by atoms with Gasteiger partial charge in [-0.3, -0.25) is 9.52 Å². The van der Waals surface area contributed by atoms with E-state index in [1.807, 2.05) is 4.72 Å². The Labute approximate surface area is 226 Å². The number of fused-ring (bicyclic) bond motifs is 1. The SMILES string of the molecule is O=C(c1c(F)cc(F)c(NS(=O)(=O)Cc2ccccc2)c1F)c1c[nH]c2ncc(-c3cnc(C4CC4)nc3)cc12. The molecule has 0 radical (unpaired) electrons. The van der Waals surface area contributed by atoms with Gasteiger partial charge in [0, 0.05) is 58.8 Å². The molecular weight excluding hydrogens is 543 g/mol. The summed E-state index contributed by atoms with van der Waals surface area (Å²) >= 11 is 0. The number of carbonyl (C=O) groups is 1. The molecule has 0 unspecified atom stereocenters. The number of carbonyl (C=O) groups excluding carboxylic acids is 1. The third-order valence-electron chi connectivity index (χ3n) is 6.58. The maximum atomic E-state index is 15.5. The van der Waals surface area contributed by atoms with Crippen LogP contribution in [0.25, 0.3) is 22.2 Å². The number of hydrogen-bond donors (Lipinski definition) is 2. The lowest BCUT2D eigenvalue weighted by atomic mass is 10.00. The van der Waals surface area contributed by atoms with Crippen molar-refractivity contribution in [3.05, 3.63) is 107 Å². The molecule has 1 aliphatic carbocycles. The second-order valence-electron chi connectivity index (χ2n) is 9.51. The number of sulfonamides is 1. The fourth-order valence-corrected chi connectivity index (χ4v) is 5.60. The van der Waals surface area contributed by atoms with E-state index in [1.54, 1.807) is 42.9 Å². The zero-order chi connectivity index (χ0) is 28.0. The van der Waals surface area contributed by atoms with E-state index in [-0.39, 0.29) is 22.7 Å². The van der Waals surface area contributed by atoms with Gasteiger partial charge in [0.15, 0.2) is 11.6 Å². The van der Waals surface area contributed by atoms with Gasteiger partial charge < -0.3 is 4.98 Å². The van der Waals surface area contributed by atoms with Crippen molar-refractivity contribution in [2.75, 3.05) is 4.72 Å². The van der Waals surface area contributed by atoms with Crippen molar-refractivity contribution in [3.8, 4) is 11.1 Å². The highest BCUT2D eigenvalue weighted by Crippen LogP contribution is 2.38. The van der Waals surface area contributed by atoms with Crippen molar-refractivity contribution in [1.29, 1.82) is 0 Å². The number of nitrogens with zero attached hydrogens (tertiary/aromatic N) is 3. The Morgan fingerprint density at radius 3 is 2.35 bits per heavy atom. The number of aromatic nitrogens is 4. The number of ketones is 1. The zero-order valence-corrected chi connectivity index (χ0v) is 21.5. The highest BCUT2D eigenvalue weighted by molar-refractivity contribution is 7.91. The van der Waals surface area contributed by atoms with Crippen LogP contribution in [-0.4, -0.2) is 34.1 Å². The largest absolute Gasteiger partial charge is 0.345 e. The van der Waals surface area contributed by atoms with Gasteiger partial charge in [0.25, 0.3) is 0 Å². The second kappa shape index (κ2) is 9.87. The van der Waals surface area contributed by atoms with Gasteiger partial charge in [0.2, 0.25) is 15.8 Å². The average Bonchev–Trinajstić information content (AvgIpc) is 3.70. The Morgan fingerprint density at radius 1 is 0.950 bits per heavy atom. The predicted octanol–water partition coefficient (Wildman–Crippen LogP) is 5.49. The summed E-state index contributed by atoms with van der Waals surface area (Å²) < 4.78 is 72.0. The molecule has 6 rings (SSSR count). The van der Waals surface area contributed by atoms with E-state index in [2.05, 4.69) is 19.9 Å². The molecule has 12 heteroatoms. The van der Waals surface area contributed by atoms with Crippen LogP contribution < -0.4 is 4.72 Å². The Bertz CT molecular complexity index is 1870. The molecule has 202 valence electrons. The van der Waals surface area contributed by atoms with Crippen LogP contribution in [0.2, 0.25) is 0 Å². The number of nitrogens with one attached hydrogen (secondary N) is 2. The molecule has 2 N–H and O–H groups in total. The van der Waals surface area contributed by atoms with Crippen molar-refractivity contribution >= 4 is 32.5 Å². The fraction of sp³-hybridized carbons (Fsp3) is 0.143. The van der Waals surface area contributed by atoms with Gasteiger partial charge in [0.05, 0.1) is 11.3 Å². The standard InChI is InChI=1S/C28H20F3N5O3S/c29-21-9-22(30)25(36-40(38,39)14-15-4-2-1-3-5-15)24(31)23(21)26(37)20-13-35-28-19(20)8-17(10-34-28)18-11-32-27(33-12-18)16-6-7-16/h1-5,8-13,16,36H,6-7,14H2,(H,34,35). The summed E-state index contributed by atoms with van der Waals surface area (Å²) in [6.45, 7) is 0. The van der Waals surface area contributed by atoms with Crippen LogP contribution in [0.15, 0.2) is 67.3 Å². The maximum absolute atomic E-state index is 15.5. The van der Waals surface area contributed by atoms with Gasteiger partial charge in [-0.2, -0.15) is 0 Å². The third kappa shape index (κ3) is 4.93. The number of anilines is 1. The van der Waals surface area contributed by atoms with Crippen LogP contribution in [-0.2, 0) is 15.8 Å². The van der Waals surface area contributed by atoms with Crippen LogP contribution in [0.4, 0.5) is 18.9 Å². The predicted molar refractivity (Wildman–Crippen MR) is 142 cm³/mol. The molecule has 0 atom stereocenters. The second-order valence-corrected chi connectivity index (χ2v) is 11.2. The molecule has 3 heterocycles. The first kappa shape index (κ1) is 25.7. The lowest BCUT2D eigenvalue weighted by molar-refractivity contribution is 0.103. The molecule has 1 aliphatic rings. The van der Waals surface area contributed by atoms with Gasteiger partial charge in [-0.1, -0.05) is 30.3 Å². The summed E-state index contributed by atoms with van der Waals surface area (Å²) in [7, 11) is -4.31. The topological polar surface area (TPSA) is 118 Å². The summed E-state index contributed by atoms with van der Waals surface area (Å²) in [5, 5.41) is 0.253. The van der Waals surface area contributed by atoms with E-state index in [4.69, 9.17) is 0 Å². The molecule has 5 aromatic rings. The minimum atomic E-state index is -4.31. The van der Waals surface area contributed by atoms with Crippen LogP contribution in [0.1, 0.15) is 46.1 Å². The summed E-state index contributed by atoms with van der Waals surface area (Å²) in [6.07, 6.45) is 8.16. The van der Waals surface area contributed by atoms with Crippen molar-refractivity contribution in [2.45, 2.75) is 24.5 Å². The molecule has 3 aromatic heterocycles. The van der Waals surface area contributed by atoms with Crippen molar-refractivity contribution in [3.63, 3.8) is 0 Å². The normalized spacial score (nSPS) is 13.5. The number of rotatable bonds is 8. The maximum Gasteiger partial charge on any atom is 0.237 e. The van der Waals surface area contributed by atoms with E-state index in [1.165, 1.54) is 18.3 Å². The molecule has 8 nitrogen and oxygen atoms in total. The van der Waals surface area contributed by atoms with E-state index in [0.717, 1.165) is 18.7 Å². The monoisotopic (exact) mass is 563 g/mol. The van der Waals surface area contributed by atoms with E-state index in [0.29, 0.717) is 22.6 Å². The highest BCUT2D eigenvalue weighted by Gasteiger charge is 2.29. The molecule has 0 saturated heterocycles. The molecule has 1 fully saturated rings. The summed E-state index contributed by atoms with van der Waals surface area (Å²) in [5.41, 5.74) is -0.555. The lowest BCUT2D eigenvalue weighted by Gasteiger charge is -2.13. The average molecular weight is 564 g/mol. The number of halogens is 3. The van der Waals surface area contributed by atoms with Crippen LogP contribution >= 0.6 is 0 Å². The van der Waals surface area contributed by atoms with Gasteiger partial charge >= 0.3 is 0 Å². The number of H-pyrrole nitrogens is 1. The summed E-state index contributed by atoms with van der Waals surface area (Å²) in [5.74, 6) is -5.22. The Balaban J connectivity index is 1.35. The first-order valence-electron chi connectivity index (χ1n) is 12.3. The smallest absolute Gasteiger partial charge is 0.237 e. The first-order chi connectivity index (χ1) is 19.2. The number of benzene rings is 2. The minimum Gasteiger partial charge on any atom is -0.345 e. The van der Waals surface area contributed by atoms with Gasteiger partial charge in [-0.15, -0.1) is 0 Å². The van der Waals surface area contributed by atoms with Crippen LogP contribution in [0.5, 0.6) is 0 Å². The molecule has 0 aliphatic heterocycles. The lowest BCUT2D eigenvalue weighted by Crippen LogP contribution is -2.19. The van der Waals surface area contributed by atoms with Crippen molar-refractivity contribution in [1.82, 2.24) is 19.9 Å². The number of hydrogen-bond acceptors (Lipinski definition) is 6.